The van der Waals surface area contributed by atoms with Crippen LogP contribution in [0, 0.1) is 0 Å². The van der Waals surface area contributed by atoms with Crippen molar-refractivity contribution in [2.75, 3.05) is 0 Å². The Balaban J connectivity index is 1.91. The van der Waals surface area contributed by atoms with E-state index in [4.69, 9.17) is 0 Å². The van der Waals surface area contributed by atoms with E-state index in [9.17, 15) is 4.79 Å². The third-order valence-electron chi connectivity index (χ3n) is 2.48. The van der Waals surface area contributed by atoms with Crippen molar-refractivity contribution in [2.45, 2.75) is 19.4 Å². The van der Waals surface area contributed by atoms with Gasteiger partial charge in [-0.1, -0.05) is 12.1 Å². The molecule has 0 saturated heterocycles. The number of hydrogen-bond donors (Lipinski definition) is 1. The highest BCUT2D eigenvalue weighted by Crippen LogP contribution is 2.12. The SMILES string of the molecule is C[C@@H](NC(=O)Cc1cccs1)c1cccnc1. The number of rotatable bonds is 4. The topological polar surface area (TPSA) is 42.0 Å². The van der Waals surface area contributed by atoms with Crippen molar-refractivity contribution in [2.24, 2.45) is 0 Å². The monoisotopic (exact) mass is 246 g/mol. The smallest absolute Gasteiger partial charge is 0.225 e. The molecular weight excluding hydrogens is 232 g/mol. The van der Waals surface area contributed by atoms with E-state index >= 15 is 0 Å². The van der Waals surface area contributed by atoms with Crippen LogP contribution in [-0.2, 0) is 11.2 Å². The van der Waals surface area contributed by atoms with Crippen molar-refractivity contribution in [1.29, 1.82) is 0 Å². The molecule has 0 aromatic carbocycles. The van der Waals surface area contributed by atoms with Crippen LogP contribution in [-0.4, -0.2) is 10.9 Å². The Hall–Kier alpha value is -1.68. The summed E-state index contributed by atoms with van der Waals surface area (Å²) in [5, 5.41) is 4.94. The van der Waals surface area contributed by atoms with Gasteiger partial charge in [0.1, 0.15) is 0 Å². The van der Waals surface area contributed by atoms with E-state index in [1.54, 1.807) is 23.7 Å². The zero-order chi connectivity index (χ0) is 12.1. The average Bonchev–Trinajstić information content (AvgIpc) is 2.82. The molecule has 1 amide bonds. The van der Waals surface area contributed by atoms with Crippen molar-refractivity contribution < 1.29 is 4.79 Å². The number of aromatic nitrogens is 1. The van der Waals surface area contributed by atoms with E-state index in [1.165, 1.54) is 0 Å². The Labute approximate surface area is 105 Å². The molecular formula is C13H14N2OS. The Morgan fingerprint density at radius 3 is 3.00 bits per heavy atom. The first kappa shape index (κ1) is 11.8. The van der Waals surface area contributed by atoms with Gasteiger partial charge in [-0.3, -0.25) is 9.78 Å². The summed E-state index contributed by atoms with van der Waals surface area (Å²) in [4.78, 5) is 16.9. The number of carbonyl (C=O) groups is 1. The molecule has 0 aliphatic rings. The lowest BCUT2D eigenvalue weighted by atomic mass is 10.1. The number of nitrogens with one attached hydrogen (secondary N) is 1. The third-order valence-corrected chi connectivity index (χ3v) is 3.35. The number of pyridine rings is 1. The lowest BCUT2D eigenvalue weighted by Gasteiger charge is -2.13. The standard InChI is InChI=1S/C13H14N2OS/c1-10(11-4-2-6-14-9-11)15-13(16)8-12-5-3-7-17-12/h2-7,9-10H,8H2,1H3,(H,15,16)/t10-/m1/s1. The molecule has 1 atom stereocenters. The number of amides is 1. The Morgan fingerprint density at radius 1 is 1.47 bits per heavy atom. The molecule has 0 spiro atoms. The Morgan fingerprint density at radius 2 is 2.35 bits per heavy atom. The van der Waals surface area contributed by atoms with Gasteiger partial charge < -0.3 is 5.32 Å². The number of nitrogens with zero attached hydrogens (tertiary/aromatic N) is 1. The summed E-state index contributed by atoms with van der Waals surface area (Å²) in [6.45, 7) is 1.96. The second kappa shape index (κ2) is 5.59. The minimum Gasteiger partial charge on any atom is -0.349 e. The van der Waals surface area contributed by atoms with Gasteiger partial charge >= 0.3 is 0 Å². The molecule has 88 valence electrons. The van der Waals surface area contributed by atoms with E-state index < -0.39 is 0 Å². The number of carbonyl (C=O) groups excluding carboxylic acids is 1. The molecule has 2 rings (SSSR count). The molecule has 17 heavy (non-hydrogen) atoms. The normalized spacial score (nSPS) is 12.1. The summed E-state index contributed by atoms with van der Waals surface area (Å²) in [6, 6.07) is 7.76. The van der Waals surface area contributed by atoms with E-state index in [2.05, 4.69) is 10.3 Å². The lowest BCUT2D eigenvalue weighted by molar-refractivity contribution is -0.121. The van der Waals surface area contributed by atoms with E-state index in [0.717, 1.165) is 10.4 Å². The fraction of sp³-hybridized carbons (Fsp3) is 0.231. The van der Waals surface area contributed by atoms with Gasteiger partial charge in [0.05, 0.1) is 12.5 Å². The summed E-state index contributed by atoms with van der Waals surface area (Å²) in [5.41, 5.74) is 1.02. The van der Waals surface area contributed by atoms with Crippen molar-refractivity contribution >= 4 is 17.2 Å². The van der Waals surface area contributed by atoms with Crippen LogP contribution >= 0.6 is 11.3 Å². The van der Waals surface area contributed by atoms with Gasteiger partial charge in [0, 0.05) is 17.3 Å². The first-order valence-electron chi connectivity index (χ1n) is 5.47. The molecule has 0 radical (unpaired) electrons. The van der Waals surface area contributed by atoms with Crippen LogP contribution in [0.25, 0.3) is 0 Å². The number of thiophene rings is 1. The Kier molecular flexibility index (Phi) is 3.88. The van der Waals surface area contributed by atoms with E-state index in [1.807, 2.05) is 36.6 Å². The second-order valence-electron chi connectivity index (χ2n) is 3.83. The van der Waals surface area contributed by atoms with Gasteiger partial charge in [-0.05, 0) is 30.0 Å². The van der Waals surface area contributed by atoms with Gasteiger partial charge in [-0.25, -0.2) is 0 Å². The molecule has 0 fully saturated rings. The molecule has 0 aliphatic carbocycles. The van der Waals surface area contributed by atoms with E-state index in [0.29, 0.717) is 6.42 Å². The lowest BCUT2D eigenvalue weighted by Crippen LogP contribution is -2.27. The van der Waals surface area contributed by atoms with Crippen LogP contribution in [0.1, 0.15) is 23.4 Å². The molecule has 0 saturated carbocycles. The van der Waals surface area contributed by atoms with Gasteiger partial charge in [-0.15, -0.1) is 11.3 Å². The highest BCUT2D eigenvalue weighted by atomic mass is 32.1. The second-order valence-corrected chi connectivity index (χ2v) is 4.86. The molecule has 0 unspecified atom stereocenters. The third kappa shape index (κ3) is 3.39. The quantitative estimate of drug-likeness (QED) is 0.901. The van der Waals surface area contributed by atoms with Crippen LogP contribution in [0.3, 0.4) is 0 Å². The van der Waals surface area contributed by atoms with E-state index in [-0.39, 0.29) is 11.9 Å². The van der Waals surface area contributed by atoms with Crippen molar-refractivity contribution in [1.82, 2.24) is 10.3 Å². The zero-order valence-corrected chi connectivity index (χ0v) is 10.4. The van der Waals surface area contributed by atoms with Crippen LogP contribution in [0.4, 0.5) is 0 Å². The minimum absolute atomic E-state index is 0.00355. The van der Waals surface area contributed by atoms with Crippen molar-refractivity contribution in [3.05, 3.63) is 52.5 Å². The van der Waals surface area contributed by atoms with Crippen LogP contribution in [0.5, 0.6) is 0 Å². The largest absolute Gasteiger partial charge is 0.349 e. The average molecular weight is 246 g/mol. The fourth-order valence-electron chi connectivity index (χ4n) is 1.58. The molecule has 1 N–H and O–H groups in total. The molecule has 2 aromatic rings. The van der Waals surface area contributed by atoms with Gasteiger partial charge in [-0.2, -0.15) is 0 Å². The maximum atomic E-state index is 11.8. The first-order valence-corrected chi connectivity index (χ1v) is 6.35. The molecule has 4 heteroatoms. The zero-order valence-electron chi connectivity index (χ0n) is 9.59. The molecule has 0 aliphatic heterocycles. The first-order chi connectivity index (χ1) is 8.25. The summed E-state index contributed by atoms with van der Waals surface area (Å²) in [5.74, 6) is 0.0452. The highest BCUT2D eigenvalue weighted by Gasteiger charge is 2.10. The van der Waals surface area contributed by atoms with Crippen LogP contribution < -0.4 is 5.32 Å². The molecule has 2 aromatic heterocycles. The highest BCUT2D eigenvalue weighted by molar-refractivity contribution is 7.10. The van der Waals surface area contributed by atoms with Gasteiger partial charge in [0.25, 0.3) is 0 Å². The summed E-state index contributed by atoms with van der Waals surface area (Å²) >= 11 is 1.60. The molecule has 2 heterocycles. The van der Waals surface area contributed by atoms with Crippen LogP contribution in [0.2, 0.25) is 0 Å². The van der Waals surface area contributed by atoms with Gasteiger partial charge in [0.2, 0.25) is 5.91 Å². The van der Waals surface area contributed by atoms with Crippen molar-refractivity contribution in [3.8, 4) is 0 Å². The molecule has 3 nitrogen and oxygen atoms in total. The molecule has 0 bridgehead atoms. The fourth-order valence-corrected chi connectivity index (χ4v) is 2.28. The summed E-state index contributed by atoms with van der Waals surface area (Å²) in [7, 11) is 0. The van der Waals surface area contributed by atoms with Crippen LogP contribution in [0.15, 0.2) is 42.0 Å². The van der Waals surface area contributed by atoms with Crippen molar-refractivity contribution in [3.63, 3.8) is 0 Å². The summed E-state index contributed by atoms with van der Waals surface area (Å²) < 4.78 is 0. The number of hydrogen-bond acceptors (Lipinski definition) is 3. The van der Waals surface area contributed by atoms with Gasteiger partial charge in [0.15, 0.2) is 0 Å². The Bertz CT molecular complexity index is 467. The predicted octanol–water partition coefficient (Wildman–Crippen LogP) is 2.56. The maximum Gasteiger partial charge on any atom is 0.225 e. The predicted molar refractivity (Wildman–Crippen MR) is 68.8 cm³/mol. The minimum atomic E-state index is -0.00355. The summed E-state index contributed by atoms with van der Waals surface area (Å²) in [6.07, 6.45) is 3.95. The maximum absolute atomic E-state index is 11.8.